The normalized spacial score (nSPS) is 10.8. The molecule has 29 heavy (non-hydrogen) atoms. The van der Waals surface area contributed by atoms with Crippen molar-refractivity contribution in [1.82, 2.24) is 5.32 Å². The van der Waals surface area contributed by atoms with E-state index < -0.39 is 36.8 Å². The largest absolute Gasteiger partial charge is 0.482 e. The molecule has 0 radical (unpaired) electrons. The molecule has 154 valence electrons. The van der Waals surface area contributed by atoms with E-state index in [1.54, 1.807) is 18.2 Å². The summed E-state index contributed by atoms with van der Waals surface area (Å²) in [5.74, 6) is -2.09. The zero-order valence-electron chi connectivity index (χ0n) is 15.2. The third-order valence-electron chi connectivity index (χ3n) is 3.52. The van der Waals surface area contributed by atoms with Gasteiger partial charge in [-0.1, -0.05) is 12.1 Å². The first-order chi connectivity index (χ1) is 13.7. The van der Waals surface area contributed by atoms with Crippen LogP contribution in [-0.4, -0.2) is 38.0 Å². The van der Waals surface area contributed by atoms with Crippen LogP contribution in [0.2, 0.25) is 0 Å². The topological polar surface area (TPSA) is 93.7 Å². The van der Waals surface area contributed by atoms with Gasteiger partial charge in [-0.05, 0) is 36.4 Å². The summed E-state index contributed by atoms with van der Waals surface area (Å²) in [5.41, 5.74) is -0.258. The summed E-state index contributed by atoms with van der Waals surface area (Å²) in [4.78, 5) is 35.0. The minimum atomic E-state index is -4.53. The van der Waals surface area contributed by atoms with Crippen LogP contribution in [0.1, 0.15) is 15.9 Å². The van der Waals surface area contributed by atoms with Crippen molar-refractivity contribution in [3.05, 3.63) is 59.7 Å². The van der Waals surface area contributed by atoms with Crippen molar-refractivity contribution in [1.29, 1.82) is 0 Å². The number of hydrogen-bond donors (Lipinski definition) is 2. The lowest BCUT2D eigenvalue weighted by Gasteiger charge is -2.10. The molecule has 2 N–H and O–H groups in total. The van der Waals surface area contributed by atoms with Gasteiger partial charge in [-0.15, -0.1) is 0 Å². The molecule has 0 saturated carbocycles. The molecular formula is C19H17F3N2O5. The van der Waals surface area contributed by atoms with Crippen molar-refractivity contribution >= 4 is 23.5 Å². The first-order valence-electron chi connectivity index (χ1n) is 8.26. The van der Waals surface area contributed by atoms with Gasteiger partial charge in [0, 0.05) is 18.3 Å². The number of hydrogen-bond acceptors (Lipinski definition) is 5. The second kappa shape index (κ2) is 9.58. The minimum Gasteiger partial charge on any atom is -0.482 e. The third-order valence-corrected chi connectivity index (χ3v) is 3.52. The Hall–Kier alpha value is -3.56. The van der Waals surface area contributed by atoms with Crippen molar-refractivity contribution in [2.24, 2.45) is 0 Å². The quantitative estimate of drug-likeness (QED) is 0.685. The fourth-order valence-electron chi connectivity index (χ4n) is 2.17. The van der Waals surface area contributed by atoms with Crippen LogP contribution in [0.4, 0.5) is 18.9 Å². The van der Waals surface area contributed by atoms with Crippen LogP contribution in [0, 0.1) is 0 Å². The van der Waals surface area contributed by atoms with E-state index in [1.807, 2.05) is 0 Å². The zero-order chi connectivity index (χ0) is 21.4. The Morgan fingerprint density at radius 1 is 1.00 bits per heavy atom. The fraction of sp³-hybridized carbons (Fsp3) is 0.211. The lowest BCUT2D eigenvalue weighted by atomic mass is 10.2. The number of alkyl halides is 3. The maximum absolute atomic E-state index is 12.6. The molecule has 0 aliphatic heterocycles. The van der Waals surface area contributed by atoms with Gasteiger partial charge in [0.25, 0.3) is 11.8 Å². The second-order valence-corrected chi connectivity index (χ2v) is 5.68. The number of carbonyl (C=O) groups excluding carboxylic acids is 3. The molecule has 2 rings (SSSR count). The summed E-state index contributed by atoms with van der Waals surface area (Å²) in [6.07, 6.45) is -4.53. The number of benzene rings is 2. The van der Waals surface area contributed by atoms with Crippen LogP contribution in [0.15, 0.2) is 48.5 Å². The molecule has 10 heteroatoms. The van der Waals surface area contributed by atoms with E-state index in [0.717, 1.165) is 18.2 Å². The van der Waals surface area contributed by atoms with Gasteiger partial charge >= 0.3 is 12.1 Å². The van der Waals surface area contributed by atoms with E-state index in [4.69, 9.17) is 9.47 Å². The summed E-state index contributed by atoms with van der Waals surface area (Å²) in [7, 11) is 1.47. The van der Waals surface area contributed by atoms with Crippen LogP contribution >= 0.6 is 0 Å². The number of nitrogens with one attached hydrogen (secondary N) is 2. The molecule has 0 unspecified atom stereocenters. The minimum absolute atomic E-state index is 0.160. The molecule has 0 bridgehead atoms. The van der Waals surface area contributed by atoms with Gasteiger partial charge in [0.1, 0.15) is 5.75 Å². The van der Waals surface area contributed by atoms with Gasteiger partial charge in [0.2, 0.25) is 0 Å². The number of anilines is 1. The van der Waals surface area contributed by atoms with Gasteiger partial charge in [-0.2, -0.15) is 13.2 Å². The van der Waals surface area contributed by atoms with Crippen LogP contribution < -0.4 is 15.4 Å². The molecule has 0 aromatic heterocycles. The van der Waals surface area contributed by atoms with Crippen molar-refractivity contribution in [3.63, 3.8) is 0 Å². The SMILES string of the molecule is CNC(=O)c1cccc(NC(=O)COC(=O)COc2cccc(C(F)(F)F)c2)c1. The van der Waals surface area contributed by atoms with Gasteiger partial charge in [-0.25, -0.2) is 4.79 Å². The lowest BCUT2D eigenvalue weighted by Crippen LogP contribution is -2.24. The highest BCUT2D eigenvalue weighted by Gasteiger charge is 2.30. The predicted molar refractivity (Wildman–Crippen MR) is 96.4 cm³/mol. The molecule has 0 aliphatic rings. The summed E-state index contributed by atoms with van der Waals surface area (Å²) in [6, 6.07) is 10.1. The average Bonchev–Trinajstić information content (AvgIpc) is 2.70. The number of rotatable bonds is 7. The molecule has 0 saturated heterocycles. The Kier molecular flexibility index (Phi) is 7.18. The number of ether oxygens (including phenoxy) is 2. The summed E-state index contributed by atoms with van der Waals surface area (Å²) < 4.78 is 47.6. The van der Waals surface area contributed by atoms with Gasteiger partial charge < -0.3 is 20.1 Å². The van der Waals surface area contributed by atoms with E-state index in [0.29, 0.717) is 11.3 Å². The Morgan fingerprint density at radius 2 is 1.72 bits per heavy atom. The van der Waals surface area contributed by atoms with Crippen LogP contribution in [0.25, 0.3) is 0 Å². The molecule has 0 atom stereocenters. The van der Waals surface area contributed by atoms with Gasteiger partial charge in [-0.3, -0.25) is 9.59 Å². The number of halogens is 3. The Morgan fingerprint density at radius 3 is 2.41 bits per heavy atom. The molecule has 0 fully saturated rings. The van der Waals surface area contributed by atoms with Gasteiger partial charge in [0.15, 0.2) is 13.2 Å². The average molecular weight is 410 g/mol. The molecule has 2 amide bonds. The van der Waals surface area contributed by atoms with Crippen LogP contribution in [0.5, 0.6) is 5.75 Å². The lowest BCUT2D eigenvalue weighted by molar-refractivity contribution is -0.149. The van der Waals surface area contributed by atoms with Crippen LogP contribution in [0.3, 0.4) is 0 Å². The smallest absolute Gasteiger partial charge is 0.416 e. The molecule has 0 heterocycles. The maximum Gasteiger partial charge on any atom is 0.416 e. The molecule has 0 spiro atoms. The van der Waals surface area contributed by atoms with Gasteiger partial charge in [0.05, 0.1) is 5.56 Å². The summed E-state index contributed by atoms with van der Waals surface area (Å²) >= 11 is 0. The van der Waals surface area contributed by atoms with E-state index in [1.165, 1.54) is 19.2 Å². The molecule has 7 nitrogen and oxygen atoms in total. The highest BCUT2D eigenvalue weighted by molar-refractivity contribution is 5.97. The predicted octanol–water partition coefficient (Wildman–Crippen LogP) is 2.63. The highest BCUT2D eigenvalue weighted by atomic mass is 19.4. The first-order valence-corrected chi connectivity index (χ1v) is 8.26. The Bertz CT molecular complexity index is 899. The monoisotopic (exact) mass is 410 g/mol. The number of esters is 1. The fourth-order valence-corrected chi connectivity index (χ4v) is 2.17. The third kappa shape index (κ3) is 6.83. The zero-order valence-corrected chi connectivity index (χ0v) is 15.2. The van der Waals surface area contributed by atoms with Crippen molar-refractivity contribution in [3.8, 4) is 5.75 Å². The van der Waals surface area contributed by atoms with E-state index in [-0.39, 0.29) is 11.7 Å². The Balaban J connectivity index is 1.81. The number of carbonyl (C=O) groups is 3. The van der Waals surface area contributed by atoms with Crippen molar-refractivity contribution in [2.75, 3.05) is 25.6 Å². The van der Waals surface area contributed by atoms with Crippen LogP contribution in [-0.2, 0) is 20.5 Å². The van der Waals surface area contributed by atoms with Crippen molar-refractivity contribution in [2.45, 2.75) is 6.18 Å². The highest BCUT2D eigenvalue weighted by Crippen LogP contribution is 2.31. The van der Waals surface area contributed by atoms with E-state index in [2.05, 4.69) is 10.6 Å². The van der Waals surface area contributed by atoms with Crippen molar-refractivity contribution < 1.29 is 37.0 Å². The standard InChI is InChI=1S/C19H17F3N2O5/c1-23-18(27)12-4-2-6-14(8-12)24-16(25)10-29-17(26)11-28-15-7-3-5-13(9-15)19(20,21)22/h2-9H,10-11H2,1H3,(H,23,27)(H,24,25). The molecular weight excluding hydrogens is 393 g/mol. The number of amides is 2. The molecule has 2 aromatic carbocycles. The maximum atomic E-state index is 12.6. The van der Waals surface area contributed by atoms with E-state index >= 15 is 0 Å². The molecule has 0 aliphatic carbocycles. The first kappa shape index (κ1) is 21.7. The Labute approximate surface area is 163 Å². The molecule has 2 aromatic rings. The summed E-state index contributed by atoms with van der Waals surface area (Å²) in [5, 5.41) is 4.90. The summed E-state index contributed by atoms with van der Waals surface area (Å²) in [6.45, 7) is -1.30. The second-order valence-electron chi connectivity index (χ2n) is 5.68. The van der Waals surface area contributed by atoms with E-state index in [9.17, 15) is 27.6 Å².